The van der Waals surface area contributed by atoms with Gasteiger partial charge in [0.1, 0.15) is 25.6 Å². The van der Waals surface area contributed by atoms with Crippen LogP contribution in [0, 0.1) is 5.82 Å². The Bertz CT molecular complexity index is 1300. The first kappa shape index (κ1) is 24.0. The zero-order valence-electron chi connectivity index (χ0n) is 17.6. The molecule has 2 heterocycles. The Morgan fingerprint density at radius 3 is 2.65 bits per heavy atom. The Labute approximate surface area is 203 Å². The number of benzene rings is 2. The molecular formula is C21H19FN4O5S3. The van der Waals surface area contributed by atoms with Gasteiger partial charge in [0.15, 0.2) is 15.8 Å². The SMILES string of the molecule is C=CCSc1nnc(NC(=O)CN(c2ccc(F)cc2)S(=O)(=O)c2ccc3c(c2)OCCO3)s1. The van der Waals surface area contributed by atoms with Crippen LogP contribution in [0.15, 0.2) is 64.4 Å². The van der Waals surface area contributed by atoms with E-state index in [0.29, 0.717) is 22.4 Å². The number of sulfonamides is 1. The van der Waals surface area contributed by atoms with Gasteiger partial charge in [0.05, 0.1) is 10.6 Å². The zero-order valence-corrected chi connectivity index (χ0v) is 20.1. The molecule has 1 N–H and O–H groups in total. The first-order chi connectivity index (χ1) is 16.4. The molecule has 13 heteroatoms. The van der Waals surface area contributed by atoms with Crippen molar-refractivity contribution in [1.29, 1.82) is 0 Å². The molecular weight excluding hydrogens is 503 g/mol. The van der Waals surface area contributed by atoms with Crippen LogP contribution in [0.25, 0.3) is 0 Å². The molecule has 0 saturated heterocycles. The van der Waals surface area contributed by atoms with Gasteiger partial charge in [-0.1, -0.05) is 29.2 Å². The molecule has 0 radical (unpaired) electrons. The maximum atomic E-state index is 13.5. The monoisotopic (exact) mass is 522 g/mol. The van der Waals surface area contributed by atoms with E-state index in [1.54, 1.807) is 6.08 Å². The lowest BCUT2D eigenvalue weighted by Crippen LogP contribution is -2.38. The molecule has 9 nitrogen and oxygen atoms in total. The van der Waals surface area contributed by atoms with Crippen molar-refractivity contribution >= 4 is 49.8 Å². The van der Waals surface area contributed by atoms with Gasteiger partial charge in [-0.25, -0.2) is 12.8 Å². The van der Waals surface area contributed by atoms with Crippen molar-refractivity contribution in [1.82, 2.24) is 10.2 Å². The van der Waals surface area contributed by atoms with E-state index < -0.39 is 28.3 Å². The molecule has 3 aromatic rings. The summed E-state index contributed by atoms with van der Waals surface area (Å²) in [6.07, 6.45) is 1.72. The van der Waals surface area contributed by atoms with Crippen LogP contribution >= 0.6 is 23.1 Å². The number of hydrogen-bond acceptors (Lipinski definition) is 9. The Kier molecular flexibility index (Phi) is 7.34. The van der Waals surface area contributed by atoms with Crippen molar-refractivity contribution in [3.8, 4) is 11.5 Å². The number of rotatable bonds is 9. The Morgan fingerprint density at radius 1 is 1.18 bits per heavy atom. The average Bonchev–Trinajstić information content (AvgIpc) is 3.28. The maximum Gasteiger partial charge on any atom is 0.264 e. The van der Waals surface area contributed by atoms with Crippen LogP contribution in [-0.4, -0.2) is 50.0 Å². The van der Waals surface area contributed by atoms with Crippen molar-refractivity contribution < 1.29 is 27.1 Å². The molecule has 0 saturated carbocycles. The van der Waals surface area contributed by atoms with E-state index in [4.69, 9.17) is 9.47 Å². The minimum atomic E-state index is -4.23. The van der Waals surface area contributed by atoms with Gasteiger partial charge in [-0.05, 0) is 36.4 Å². The molecule has 2 aromatic carbocycles. The fourth-order valence-electron chi connectivity index (χ4n) is 2.97. The fraction of sp³-hybridized carbons (Fsp3) is 0.190. The van der Waals surface area contributed by atoms with Gasteiger partial charge in [0.2, 0.25) is 11.0 Å². The fourth-order valence-corrected chi connectivity index (χ4v) is 5.94. The van der Waals surface area contributed by atoms with Crippen LogP contribution in [0.3, 0.4) is 0 Å². The number of hydrogen-bond donors (Lipinski definition) is 1. The van der Waals surface area contributed by atoms with Crippen LogP contribution < -0.4 is 19.1 Å². The van der Waals surface area contributed by atoms with Crippen LogP contribution in [0.4, 0.5) is 15.2 Å². The number of halogens is 1. The number of carbonyl (C=O) groups excluding carboxylic acids is 1. The number of carbonyl (C=O) groups is 1. The van der Waals surface area contributed by atoms with E-state index in [0.717, 1.165) is 27.8 Å². The van der Waals surface area contributed by atoms with Gasteiger partial charge in [0, 0.05) is 11.8 Å². The van der Waals surface area contributed by atoms with Crippen molar-refractivity contribution in [2.75, 3.05) is 35.1 Å². The number of nitrogens with zero attached hydrogens (tertiary/aromatic N) is 3. The predicted octanol–water partition coefficient (Wildman–Crippen LogP) is 3.56. The standard InChI is InChI=1S/C21H19FN4O5S3/c1-2-11-32-21-25-24-20(33-21)23-19(27)13-26(15-5-3-14(22)4-6-15)34(28,29)16-7-8-17-18(12-16)31-10-9-30-17/h2-8,12H,1,9-11,13H2,(H,23,24,27). The lowest BCUT2D eigenvalue weighted by molar-refractivity contribution is -0.114. The summed E-state index contributed by atoms with van der Waals surface area (Å²) in [6.45, 7) is 3.71. The van der Waals surface area contributed by atoms with E-state index in [2.05, 4.69) is 22.1 Å². The molecule has 0 fully saturated rings. The highest BCUT2D eigenvalue weighted by molar-refractivity contribution is 8.01. The molecule has 1 aliphatic rings. The number of amides is 1. The molecule has 0 unspecified atom stereocenters. The molecule has 178 valence electrons. The zero-order chi connectivity index (χ0) is 24.1. The minimum absolute atomic E-state index is 0.104. The van der Waals surface area contributed by atoms with E-state index in [9.17, 15) is 17.6 Å². The van der Waals surface area contributed by atoms with Crippen LogP contribution in [0.2, 0.25) is 0 Å². The minimum Gasteiger partial charge on any atom is -0.486 e. The molecule has 0 spiro atoms. The first-order valence-electron chi connectivity index (χ1n) is 9.92. The highest BCUT2D eigenvalue weighted by Gasteiger charge is 2.29. The summed E-state index contributed by atoms with van der Waals surface area (Å²) in [5, 5.41) is 10.7. The third-order valence-corrected chi connectivity index (χ3v) is 8.22. The second kappa shape index (κ2) is 10.4. The number of thioether (sulfide) groups is 1. The predicted molar refractivity (Wildman–Crippen MR) is 128 cm³/mol. The molecule has 1 aromatic heterocycles. The van der Waals surface area contributed by atoms with Gasteiger partial charge >= 0.3 is 0 Å². The van der Waals surface area contributed by atoms with Crippen LogP contribution in [-0.2, 0) is 14.8 Å². The molecule has 0 atom stereocenters. The third-order valence-electron chi connectivity index (χ3n) is 4.48. The van der Waals surface area contributed by atoms with E-state index in [1.807, 2.05) is 0 Å². The van der Waals surface area contributed by atoms with Gasteiger partial charge in [-0.15, -0.1) is 16.8 Å². The Morgan fingerprint density at radius 2 is 1.91 bits per heavy atom. The van der Waals surface area contributed by atoms with Crippen LogP contribution in [0.1, 0.15) is 0 Å². The first-order valence-corrected chi connectivity index (χ1v) is 13.2. The molecule has 0 bridgehead atoms. The van der Waals surface area contributed by atoms with Crippen molar-refractivity contribution in [3.05, 3.63) is 60.9 Å². The Hall–Kier alpha value is -3.16. The molecule has 1 amide bonds. The van der Waals surface area contributed by atoms with Crippen molar-refractivity contribution in [2.45, 2.75) is 9.24 Å². The van der Waals surface area contributed by atoms with Crippen molar-refractivity contribution in [2.24, 2.45) is 0 Å². The second-order valence-electron chi connectivity index (χ2n) is 6.81. The molecule has 0 aliphatic carbocycles. The van der Waals surface area contributed by atoms with Gasteiger partial charge in [-0.3, -0.25) is 14.4 Å². The summed E-state index contributed by atoms with van der Waals surface area (Å²) in [7, 11) is -4.23. The van der Waals surface area contributed by atoms with Gasteiger partial charge in [-0.2, -0.15) is 0 Å². The highest BCUT2D eigenvalue weighted by Crippen LogP contribution is 2.34. The van der Waals surface area contributed by atoms with E-state index in [1.165, 1.54) is 42.1 Å². The average molecular weight is 523 g/mol. The quantitative estimate of drug-likeness (QED) is 0.258. The summed E-state index contributed by atoms with van der Waals surface area (Å²) in [5.74, 6) is 0.173. The summed E-state index contributed by atoms with van der Waals surface area (Å²) < 4.78 is 53.0. The van der Waals surface area contributed by atoms with E-state index >= 15 is 0 Å². The number of nitrogens with one attached hydrogen (secondary N) is 1. The lowest BCUT2D eigenvalue weighted by Gasteiger charge is -2.25. The lowest BCUT2D eigenvalue weighted by atomic mass is 10.3. The van der Waals surface area contributed by atoms with Gasteiger partial charge < -0.3 is 9.47 Å². The second-order valence-corrected chi connectivity index (χ2v) is 10.9. The Balaban J connectivity index is 1.60. The molecule has 4 rings (SSSR count). The molecule has 34 heavy (non-hydrogen) atoms. The number of aromatic nitrogens is 2. The molecule has 1 aliphatic heterocycles. The maximum absolute atomic E-state index is 13.5. The summed E-state index contributed by atoms with van der Waals surface area (Å²) in [4.78, 5) is 12.7. The normalized spacial score (nSPS) is 12.7. The van der Waals surface area contributed by atoms with Crippen LogP contribution in [0.5, 0.6) is 11.5 Å². The summed E-state index contributed by atoms with van der Waals surface area (Å²) in [6, 6.07) is 9.01. The van der Waals surface area contributed by atoms with Gasteiger partial charge in [0.25, 0.3) is 10.0 Å². The van der Waals surface area contributed by atoms with E-state index in [-0.39, 0.29) is 28.1 Å². The van der Waals surface area contributed by atoms with Crippen molar-refractivity contribution in [3.63, 3.8) is 0 Å². The number of anilines is 2. The number of fused-ring (bicyclic) bond motifs is 1. The smallest absolute Gasteiger partial charge is 0.264 e. The highest BCUT2D eigenvalue weighted by atomic mass is 32.2. The summed E-state index contributed by atoms with van der Waals surface area (Å²) in [5.41, 5.74) is 0.117. The largest absolute Gasteiger partial charge is 0.486 e. The topological polar surface area (TPSA) is 111 Å². The summed E-state index contributed by atoms with van der Waals surface area (Å²) >= 11 is 2.56. The number of ether oxygens (including phenoxy) is 2. The third kappa shape index (κ3) is 5.48.